The number of rotatable bonds is 2. The molecule has 2 aromatic rings. The maximum Gasteiger partial charge on any atom is 0.257 e. The highest BCUT2D eigenvalue weighted by Crippen LogP contribution is 2.12. The van der Waals surface area contributed by atoms with Crippen molar-refractivity contribution >= 4 is 21.4 Å². The molecule has 0 spiro atoms. The summed E-state index contributed by atoms with van der Waals surface area (Å²) in [5.41, 5.74) is 1.69. The summed E-state index contributed by atoms with van der Waals surface area (Å²) in [5.74, 6) is -0.493. The molecule has 3 heterocycles. The Bertz CT molecular complexity index is 822. The Morgan fingerprint density at radius 2 is 2.25 bits per heavy atom. The van der Waals surface area contributed by atoms with E-state index in [4.69, 9.17) is 0 Å². The van der Waals surface area contributed by atoms with E-state index in [2.05, 4.69) is 15.4 Å². The number of aromatic nitrogens is 3. The summed E-state index contributed by atoms with van der Waals surface area (Å²) in [7, 11) is -3.19. The molecule has 1 amide bonds. The van der Waals surface area contributed by atoms with E-state index in [0.29, 0.717) is 11.2 Å². The minimum atomic E-state index is -3.19. The van der Waals surface area contributed by atoms with Gasteiger partial charge in [-0.2, -0.15) is 5.10 Å². The summed E-state index contributed by atoms with van der Waals surface area (Å²) in [6.07, 6.45) is 6.30. The fourth-order valence-corrected chi connectivity index (χ4v) is 3.28. The number of fused-ring (bicyclic) bond motifs is 1. The van der Waals surface area contributed by atoms with Gasteiger partial charge in [0.25, 0.3) is 5.91 Å². The fraction of sp³-hybridized carbons (Fsp3) is 0.250. The van der Waals surface area contributed by atoms with Crippen LogP contribution in [-0.4, -0.2) is 40.7 Å². The van der Waals surface area contributed by atoms with E-state index >= 15 is 0 Å². The lowest BCUT2D eigenvalue weighted by atomic mass is 10.2. The van der Waals surface area contributed by atoms with Crippen LogP contribution in [0.25, 0.3) is 5.65 Å². The Morgan fingerprint density at radius 1 is 1.45 bits per heavy atom. The molecule has 0 aliphatic carbocycles. The highest BCUT2D eigenvalue weighted by atomic mass is 32.2. The monoisotopic (exact) mass is 292 g/mol. The average molecular weight is 292 g/mol. The van der Waals surface area contributed by atoms with Crippen LogP contribution < -0.4 is 5.32 Å². The second kappa shape index (κ2) is 4.41. The molecule has 1 aliphatic rings. The number of aryl methyl sites for hydroxylation is 1. The normalized spacial score (nSPS) is 20.4. The van der Waals surface area contributed by atoms with Gasteiger partial charge in [0.15, 0.2) is 15.5 Å². The molecule has 0 saturated heterocycles. The summed E-state index contributed by atoms with van der Waals surface area (Å²) in [6.45, 7) is 1.88. The molecular weight excluding hydrogens is 280 g/mol. The van der Waals surface area contributed by atoms with Crippen molar-refractivity contribution in [1.82, 2.24) is 19.9 Å². The zero-order chi connectivity index (χ0) is 14.3. The molecule has 2 aromatic heterocycles. The second-order valence-electron chi connectivity index (χ2n) is 4.70. The highest BCUT2D eigenvalue weighted by molar-refractivity contribution is 7.94. The molecule has 0 fully saturated rings. The third-order valence-corrected chi connectivity index (χ3v) is 4.37. The van der Waals surface area contributed by atoms with Crippen molar-refractivity contribution in [3.8, 4) is 0 Å². The number of hydrogen-bond donors (Lipinski definition) is 1. The number of carbonyl (C=O) groups excluding carboxylic acids is 1. The third kappa shape index (κ3) is 2.29. The standard InChI is InChI=1S/C12H12N4O3S/c1-8-4-13-11-10(5-14-16(11)6-8)12(17)15-9-2-3-20(18,19)7-9/h2-6,9H,7H2,1H3,(H,15,17). The van der Waals surface area contributed by atoms with Crippen molar-refractivity contribution in [3.05, 3.63) is 41.2 Å². The summed E-state index contributed by atoms with van der Waals surface area (Å²) >= 11 is 0. The molecule has 1 N–H and O–H groups in total. The average Bonchev–Trinajstić information content (AvgIpc) is 2.92. The van der Waals surface area contributed by atoms with E-state index in [0.717, 1.165) is 11.0 Å². The van der Waals surface area contributed by atoms with Crippen LogP contribution in [0.1, 0.15) is 15.9 Å². The minimum Gasteiger partial charge on any atom is -0.345 e. The van der Waals surface area contributed by atoms with Gasteiger partial charge in [-0.05, 0) is 18.6 Å². The number of carbonyl (C=O) groups is 1. The van der Waals surface area contributed by atoms with Crippen LogP contribution in [0.15, 0.2) is 30.1 Å². The maximum absolute atomic E-state index is 12.1. The lowest BCUT2D eigenvalue weighted by Crippen LogP contribution is -2.35. The third-order valence-electron chi connectivity index (χ3n) is 2.98. The molecule has 20 heavy (non-hydrogen) atoms. The first-order valence-electron chi connectivity index (χ1n) is 5.96. The van der Waals surface area contributed by atoms with Crippen LogP contribution in [-0.2, 0) is 9.84 Å². The number of hydrogen-bond acceptors (Lipinski definition) is 5. The Labute approximate surface area is 115 Å². The Morgan fingerprint density at radius 3 is 2.95 bits per heavy atom. The van der Waals surface area contributed by atoms with E-state index in [1.54, 1.807) is 12.4 Å². The van der Waals surface area contributed by atoms with Gasteiger partial charge in [-0.25, -0.2) is 17.9 Å². The first-order chi connectivity index (χ1) is 9.44. The molecule has 0 saturated carbocycles. The number of amides is 1. The smallest absolute Gasteiger partial charge is 0.257 e. The van der Waals surface area contributed by atoms with E-state index in [-0.39, 0.29) is 11.7 Å². The van der Waals surface area contributed by atoms with Crippen molar-refractivity contribution in [3.63, 3.8) is 0 Å². The van der Waals surface area contributed by atoms with E-state index in [9.17, 15) is 13.2 Å². The Kier molecular flexibility index (Phi) is 2.82. The highest BCUT2D eigenvalue weighted by Gasteiger charge is 2.24. The van der Waals surface area contributed by atoms with E-state index < -0.39 is 15.9 Å². The van der Waals surface area contributed by atoms with Crippen LogP contribution >= 0.6 is 0 Å². The summed E-state index contributed by atoms with van der Waals surface area (Å²) in [4.78, 5) is 16.3. The molecule has 1 atom stereocenters. The van der Waals surface area contributed by atoms with Crippen molar-refractivity contribution in [2.75, 3.05) is 5.75 Å². The van der Waals surface area contributed by atoms with Gasteiger partial charge in [-0.1, -0.05) is 0 Å². The molecule has 7 nitrogen and oxygen atoms in total. The topological polar surface area (TPSA) is 93.4 Å². The zero-order valence-electron chi connectivity index (χ0n) is 10.6. The van der Waals surface area contributed by atoms with Gasteiger partial charge in [0.2, 0.25) is 0 Å². The number of sulfone groups is 1. The first-order valence-corrected chi connectivity index (χ1v) is 7.68. The van der Waals surface area contributed by atoms with Crippen molar-refractivity contribution in [1.29, 1.82) is 0 Å². The van der Waals surface area contributed by atoms with E-state index in [1.807, 2.05) is 6.92 Å². The van der Waals surface area contributed by atoms with Crippen molar-refractivity contribution in [2.45, 2.75) is 13.0 Å². The van der Waals surface area contributed by atoms with Gasteiger partial charge >= 0.3 is 0 Å². The van der Waals surface area contributed by atoms with E-state index in [1.165, 1.54) is 16.8 Å². The van der Waals surface area contributed by atoms with Crippen LogP contribution in [0.3, 0.4) is 0 Å². The van der Waals surface area contributed by atoms with Crippen LogP contribution in [0.2, 0.25) is 0 Å². The first kappa shape index (κ1) is 12.8. The SMILES string of the molecule is Cc1cnc2c(C(=O)NC3C=CS(=O)(=O)C3)cnn2c1. The minimum absolute atomic E-state index is 0.107. The lowest BCUT2D eigenvalue weighted by Gasteiger charge is -2.08. The quantitative estimate of drug-likeness (QED) is 0.846. The van der Waals surface area contributed by atoms with Gasteiger partial charge < -0.3 is 5.32 Å². The molecule has 104 valence electrons. The van der Waals surface area contributed by atoms with Crippen LogP contribution in [0, 0.1) is 6.92 Å². The predicted octanol–water partition coefficient (Wildman–Crippen LogP) is 0.0782. The second-order valence-corrected chi connectivity index (χ2v) is 6.63. The van der Waals surface area contributed by atoms with Crippen LogP contribution in [0.5, 0.6) is 0 Å². The predicted molar refractivity (Wildman–Crippen MR) is 71.9 cm³/mol. The Hall–Kier alpha value is -2.22. The van der Waals surface area contributed by atoms with Gasteiger partial charge in [-0.3, -0.25) is 4.79 Å². The van der Waals surface area contributed by atoms with Gasteiger partial charge in [-0.15, -0.1) is 0 Å². The molecule has 8 heteroatoms. The zero-order valence-corrected chi connectivity index (χ0v) is 11.5. The maximum atomic E-state index is 12.1. The summed E-state index contributed by atoms with van der Waals surface area (Å²) < 4.78 is 24.1. The van der Waals surface area contributed by atoms with Gasteiger partial charge in [0, 0.05) is 17.8 Å². The molecule has 0 radical (unpaired) electrons. The fourth-order valence-electron chi connectivity index (χ4n) is 2.04. The summed E-state index contributed by atoms with van der Waals surface area (Å²) in [6, 6.07) is -0.507. The number of nitrogens with zero attached hydrogens (tertiary/aromatic N) is 3. The molecule has 1 aliphatic heterocycles. The molecule has 1 unspecified atom stereocenters. The van der Waals surface area contributed by atoms with Crippen molar-refractivity contribution < 1.29 is 13.2 Å². The largest absolute Gasteiger partial charge is 0.345 e. The van der Waals surface area contributed by atoms with Gasteiger partial charge in [0.1, 0.15) is 5.56 Å². The molecule has 0 aromatic carbocycles. The molecule has 0 bridgehead atoms. The van der Waals surface area contributed by atoms with Crippen molar-refractivity contribution in [2.24, 2.45) is 0 Å². The van der Waals surface area contributed by atoms with Crippen LogP contribution in [0.4, 0.5) is 0 Å². The number of nitrogens with one attached hydrogen (secondary N) is 1. The molecule has 3 rings (SSSR count). The molecular formula is C12H12N4O3S. The Balaban J connectivity index is 1.85. The van der Waals surface area contributed by atoms with Gasteiger partial charge in [0.05, 0.1) is 18.0 Å². The lowest BCUT2D eigenvalue weighted by molar-refractivity contribution is 0.0949. The summed E-state index contributed by atoms with van der Waals surface area (Å²) in [5, 5.41) is 7.83.